The van der Waals surface area contributed by atoms with Crippen molar-refractivity contribution in [3.05, 3.63) is 28.7 Å². The summed E-state index contributed by atoms with van der Waals surface area (Å²) in [6.07, 6.45) is 2.04. The van der Waals surface area contributed by atoms with Gasteiger partial charge in [0, 0.05) is 0 Å². The van der Waals surface area contributed by atoms with Crippen LogP contribution < -0.4 is 10.5 Å². The van der Waals surface area contributed by atoms with Gasteiger partial charge in [-0.3, -0.25) is 0 Å². The van der Waals surface area contributed by atoms with Crippen LogP contribution >= 0.6 is 0 Å². The summed E-state index contributed by atoms with van der Waals surface area (Å²) in [5.74, 6) is 0.652. The Morgan fingerprint density at radius 2 is 2.12 bits per heavy atom. The van der Waals surface area contributed by atoms with Gasteiger partial charge in [-0.2, -0.15) is 0 Å². The first-order chi connectivity index (χ1) is 7.59. The highest BCUT2D eigenvalue weighted by Gasteiger charge is 2.28. The van der Waals surface area contributed by atoms with E-state index in [9.17, 15) is 8.42 Å². The summed E-state index contributed by atoms with van der Waals surface area (Å²) in [6.45, 7) is 0.330. The van der Waals surface area contributed by atoms with E-state index in [-0.39, 0.29) is 0 Å². The molecule has 0 radical (unpaired) electrons. The zero-order valence-electron chi connectivity index (χ0n) is 8.93. The number of nitrogens with two attached hydrogens (primary N) is 1. The quantitative estimate of drug-likeness (QED) is 0.859. The highest BCUT2D eigenvalue weighted by atomic mass is 32.2. The zero-order chi connectivity index (χ0) is 11.8. The van der Waals surface area contributed by atoms with Gasteiger partial charge in [-0.25, -0.2) is 8.42 Å². The molecule has 86 valence electrons. The SMILES string of the molecule is COc1ccc2c(c1)C=C(CCN)S2(=O)=O. The minimum absolute atomic E-state index is 0.330. The van der Waals surface area contributed by atoms with E-state index in [0.29, 0.717) is 34.1 Å². The number of methoxy groups -OCH3 is 1. The van der Waals surface area contributed by atoms with Gasteiger partial charge in [0.25, 0.3) is 0 Å². The lowest BCUT2D eigenvalue weighted by atomic mass is 10.2. The Bertz CT molecular complexity index is 546. The second-order valence-corrected chi connectivity index (χ2v) is 5.53. The van der Waals surface area contributed by atoms with Crippen LogP contribution in [0.3, 0.4) is 0 Å². The van der Waals surface area contributed by atoms with E-state index in [2.05, 4.69) is 0 Å². The van der Waals surface area contributed by atoms with Gasteiger partial charge in [0.1, 0.15) is 5.75 Å². The minimum Gasteiger partial charge on any atom is -0.497 e. The van der Waals surface area contributed by atoms with E-state index in [1.54, 1.807) is 31.4 Å². The summed E-state index contributed by atoms with van der Waals surface area (Å²) >= 11 is 0. The molecule has 16 heavy (non-hydrogen) atoms. The van der Waals surface area contributed by atoms with Gasteiger partial charge in [-0.05, 0) is 42.8 Å². The predicted octanol–water partition coefficient (Wildman–Crippen LogP) is 1.17. The maximum Gasteiger partial charge on any atom is 0.203 e. The molecule has 0 fully saturated rings. The number of hydrogen-bond donors (Lipinski definition) is 1. The van der Waals surface area contributed by atoms with Crippen LogP contribution in [0, 0.1) is 0 Å². The Morgan fingerprint density at radius 1 is 1.38 bits per heavy atom. The predicted molar refractivity (Wildman–Crippen MR) is 61.8 cm³/mol. The standard InChI is InChI=1S/C11H13NO3S/c1-15-9-2-3-11-8(6-9)7-10(4-5-12)16(11,13)14/h2-3,6-7H,4-5,12H2,1H3. The van der Waals surface area contributed by atoms with Crippen LogP contribution in [0.15, 0.2) is 28.0 Å². The normalized spacial score (nSPS) is 16.8. The fourth-order valence-corrected chi connectivity index (χ4v) is 3.38. The molecule has 0 atom stereocenters. The molecule has 5 heteroatoms. The fourth-order valence-electron chi connectivity index (χ4n) is 1.75. The van der Waals surface area contributed by atoms with Gasteiger partial charge in [0.15, 0.2) is 0 Å². The number of rotatable bonds is 3. The first kappa shape index (κ1) is 11.2. The Morgan fingerprint density at radius 3 is 2.75 bits per heavy atom. The van der Waals surface area contributed by atoms with Crippen molar-refractivity contribution in [1.29, 1.82) is 0 Å². The number of fused-ring (bicyclic) bond motifs is 1. The third-order valence-electron chi connectivity index (χ3n) is 2.56. The molecule has 2 N–H and O–H groups in total. The van der Waals surface area contributed by atoms with Crippen molar-refractivity contribution in [3.8, 4) is 5.75 Å². The second kappa shape index (κ2) is 3.92. The molecule has 4 nitrogen and oxygen atoms in total. The third-order valence-corrected chi connectivity index (χ3v) is 4.52. The molecule has 0 aliphatic carbocycles. The lowest BCUT2D eigenvalue weighted by Gasteiger charge is -2.03. The lowest BCUT2D eigenvalue weighted by Crippen LogP contribution is -2.06. The number of sulfone groups is 1. The zero-order valence-corrected chi connectivity index (χ0v) is 9.75. The van der Waals surface area contributed by atoms with Crippen LogP contribution in [0.25, 0.3) is 6.08 Å². The molecule has 0 saturated carbocycles. The average molecular weight is 239 g/mol. The van der Waals surface area contributed by atoms with Gasteiger partial charge in [0.2, 0.25) is 9.84 Å². The molecule has 0 amide bonds. The Balaban J connectivity index is 2.54. The minimum atomic E-state index is -3.31. The molecule has 0 spiro atoms. The summed E-state index contributed by atoms with van der Waals surface area (Å²) in [6, 6.07) is 4.94. The molecule has 1 heterocycles. The monoisotopic (exact) mass is 239 g/mol. The van der Waals surface area contributed by atoms with E-state index in [1.807, 2.05) is 0 Å². The van der Waals surface area contributed by atoms with Crippen LogP contribution in [-0.2, 0) is 9.84 Å². The van der Waals surface area contributed by atoms with E-state index >= 15 is 0 Å². The highest BCUT2D eigenvalue weighted by molar-refractivity contribution is 7.95. The molecule has 0 bridgehead atoms. The topological polar surface area (TPSA) is 69.4 Å². The van der Waals surface area contributed by atoms with Crippen LogP contribution in [-0.4, -0.2) is 22.1 Å². The second-order valence-electron chi connectivity index (χ2n) is 3.56. The maximum absolute atomic E-state index is 12.0. The van der Waals surface area contributed by atoms with Crippen molar-refractivity contribution in [1.82, 2.24) is 0 Å². The van der Waals surface area contributed by atoms with Crippen molar-refractivity contribution in [2.75, 3.05) is 13.7 Å². The Labute approximate surface area is 94.6 Å². The molecule has 1 aromatic carbocycles. The van der Waals surface area contributed by atoms with Crippen LogP contribution in [0.5, 0.6) is 5.75 Å². The third kappa shape index (κ3) is 1.62. The smallest absolute Gasteiger partial charge is 0.203 e. The molecule has 2 rings (SSSR count). The van der Waals surface area contributed by atoms with E-state index in [1.165, 1.54) is 0 Å². The number of hydrogen-bond acceptors (Lipinski definition) is 4. The maximum atomic E-state index is 12.0. The fraction of sp³-hybridized carbons (Fsp3) is 0.273. The van der Waals surface area contributed by atoms with Gasteiger partial charge in [-0.15, -0.1) is 0 Å². The number of ether oxygens (including phenoxy) is 1. The van der Waals surface area contributed by atoms with Crippen molar-refractivity contribution in [3.63, 3.8) is 0 Å². The Kier molecular flexibility index (Phi) is 2.73. The van der Waals surface area contributed by atoms with Gasteiger partial charge in [-0.1, -0.05) is 0 Å². The van der Waals surface area contributed by atoms with Crippen LogP contribution in [0.2, 0.25) is 0 Å². The van der Waals surface area contributed by atoms with Crippen LogP contribution in [0.4, 0.5) is 0 Å². The van der Waals surface area contributed by atoms with E-state index in [0.717, 1.165) is 0 Å². The molecule has 1 aromatic rings. The summed E-state index contributed by atoms with van der Waals surface area (Å²) in [5.41, 5.74) is 6.07. The van der Waals surface area contributed by atoms with Gasteiger partial charge in [0.05, 0.1) is 16.9 Å². The van der Waals surface area contributed by atoms with Crippen molar-refractivity contribution < 1.29 is 13.2 Å². The molecular formula is C11H13NO3S. The molecule has 0 unspecified atom stereocenters. The summed E-state index contributed by atoms with van der Waals surface area (Å²) in [5, 5.41) is 0. The number of benzene rings is 1. The van der Waals surface area contributed by atoms with E-state index in [4.69, 9.17) is 10.5 Å². The van der Waals surface area contributed by atoms with Crippen LogP contribution in [0.1, 0.15) is 12.0 Å². The van der Waals surface area contributed by atoms with Gasteiger partial charge >= 0.3 is 0 Å². The summed E-state index contributed by atoms with van der Waals surface area (Å²) in [4.78, 5) is 0.731. The molecule has 0 aromatic heterocycles. The summed E-state index contributed by atoms with van der Waals surface area (Å²) < 4.78 is 29.1. The Hall–Kier alpha value is -1.33. The van der Waals surface area contributed by atoms with E-state index < -0.39 is 9.84 Å². The van der Waals surface area contributed by atoms with Gasteiger partial charge < -0.3 is 10.5 Å². The first-order valence-corrected chi connectivity index (χ1v) is 6.41. The van der Waals surface area contributed by atoms with Crippen molar-refractivity contribution in [2.24, 2.45) is 5.73 Å². The lowest BCUT2D eigenvalue weighted by molar-refractivity contribution is 0.414. The molecule has 0 saturated heterocycles. The largest absolute Gasteiger partial charge is 0.497 e. The van der Waals surface area contributed by atoms with Crippen molar-refractivity contribution >= 4 is 15.9 Å². The molecule has 1 aliphatic heterocycles. The average Bonchev–Trinajstić information content (AvgIpc) is 2.51. The first-order valence-electron chi connectivity index (χ1n) is 4.93. The highest BCUT2D eigenvalue weighted by Crippen LogP contribution is 2.35. The molecular weight excluding hydrogens is 226 g/mol. The summed E-state index contributed by atoms with van der Waals surface area (Å²) in [7, 11) is -1.76. The van der Waals surface area contributed by atoms with Crippen molar-refractivity contribution in [2.45, 2.75) is 11.3 Å². The molecule has 1 aliphatic rings.